The molecule has 0 fully saturated rings. The Morgan fingerprint density at radius 3 is 2.35 bits per heavy atom. The predicted octanol–water partition coefficient (Wildman–Crippen LogP) is -1.62. The number of aliphatic hydroxyl groups is 1. The molecule has 0 aromatic carbocycles. The molecule has 0 amide bonds. The fourth-order valence-corrected chi connectivity index (χ4v) is 3.05. The zero-order valence-corrected chi connectivity index (χ0v) is 12.6. The van der Waals surface area contributed by atoms with Gasteiger partial charge in [0.2, 0.25) is 10.0 Å². The molecule has 114 valence electrons. The van der Waals surface area contributed by atoms with Gasteiger partial charge < -0.3 is 9.67 Å². The quantitative estimate of drug-likeness (QED) is 0.679. The van der Waals surface area contributed by atoms with Crippen LogP contribution in [-0.2, 0) is 24.1 Å². The van der Waals surface area contributed by atoms with E-state index in [1.54, 1.807) is 13.8 Å². The normalized spacial score (nSPS) is 15.1. The average Bonchev–Trinajstić information content (AvgIpc) is 2.38. The highest BCUT2D eigenvalue weighted by atomic mass is 32.2. The van der Waals surface area contributed by atoms with Crippen molar-refractivity contribution in [2.75, 3.05) is 6.61 Å². The van der Waals surface area contributed by atoms with Crippen molar-refractivity contribution in [3.63, 3.8) is 0 Å². The molecular weight excluding hydrogens is 286 g/mol. The summed E-state index contributed by atoms with van der Waals surface area (Å²) in [6, 6.07) is -0.549. The Labute approximate surface area is 116 Å². The third kappa shape index (κ3) is 3.17. The van der Waals surface area contributed by atoms with Crippen molar-refractivity contribution in [2.24, 2.45) is 20.0 Å². The van der Waals surface area contributed by atoms with Crippen LogP contribution >= 0.6 is 0 Å². The third-order valence-electron chi connectivity index (χ3n) is 3.19. The highest BCUT2D eigenvalue weighted by molar-refractivity contribution is 7.89. The van der Waals surface area contributed by atoms with E-state index in [1.165, 1.54) is 14.1 Å². The van der Waals surface area contributed by atoms with Crippen molar-refractivity contribution in [3.05, 3.63) is 27.0 Å². The highest BCUT2D eigenvalue weighted by Crippen LogP contribution is 2.07. The van der Waals surface area contributed by atoms with Gasteiger partial charge in [-0.15, -0.1) is 0 Å². The third-order valence-corrected chi connectivity index (χ3v) is 4.73. The van der Waals surface area contributed by atoms with Gasteiger partial charge in [0.1, 0.15) is 0 Å². The second-order valence-electron chi connectivity index (χ2n) is 4.82. The second kappa shape index (κ2) is 5.90. The van der Waals surface area contributed by atoms with E-state index in [9.17, 15) is 18.0 Å². The lowest BCUT2D eigenvalue weighted by Gasteiger charge is -2.19. The first-order chi connectivity index (χ1) is 9.11. The molecule has 1 rings (SSSR count). The molecule has 0 bridgehead atoms. The summed E-state index contributed by atoms with van der Waals surface area (Å²) in [6.45, 7) is 3.08. The summed E-state index contributed by atoms with van der Waals surface area (Å²) >= 11 is 0. The van der Waals surface area contributed by atoms with Crippen LogP contribution in [0, 0.1) is 5.92 Å². The van der Waals surface area contributed by atoms with E-state index in [4.69, 9.17) is 5.11 Å². The van der Waals surface area contributed by atoms with Gasteiger partial charge in [-0.3, -0.25) is 9.36 Å². The van der Waals surface area contributed by atoms with Crippen molar-refractivity contribution in [2.45, 2.75) is 24.8 Å². The summed E-state index contributed by atoms with van der Waals surface area (Å²) in [5.74, 6) is -0.304. The molecule has 2 unspecified atom stereocenters. The minimum Gasteiger partial charge on any atom is -0.396 e. The molecule has 0 spiro atoms. The fraction of sp³-hybridized carbons (Fsp3) is 0.636. The molecule has 0 aliphatic carbocycles. The van der Waals surface area contributed by atoms with Gasteiger partial charge in [-0.1, -0.05) is 6.92 Å². The zero-order chi connectivity index (χ0) is 15.7. The molecule has 9 heteroatoms. The summed E-state index contributed by atoms with van der Waals surface area (Å²) in [5.41, 5.74) is -1.49. The smallest absolute Gasteiger partial charge is 0.330 e. The number of nitrogens with one attached hydrogen (secondary N) is 1. The molecule has 0 aliphatic heterocycles. The van der Waals surface area contributed by atoms with Gasteiger partial charge >= 0.3 is 5.69 Å². The van der Waals surface area contributed by atoms with E-state index in [1.807, 2.05) is 0 Å². The van der Waals surface area contributed by atoms with Crippen LogP contribution in [0.5, 0.6) is 0 Å². The first-order valence-electron chi connectivity index (χ1n) is 6.01. The van der Waals surface area contributed by atoms with Crippen LogP contribution in [0.3, 0.4) is 0 Å². The fourth-order valence-electron chi connectivity index (χ4n) is 1.54. The van der Waals surface area contributed by atoms with Gasteiger partial charge in [0, 0.05) is 32.9 Å². The van der Waals surface area contributed by atoms with Crippen LogP contribution in [0.2, 0.25) is 0 Å². The van der Waals surface area contributed by atoms with Crippen molar-refractivity contribution in [1.82, 2.24) is 13.9 Å². The number of hydrogen-bond donors (Lipinski definition) is 2. The minimum atomic E-state index is -4.06. The molecule has 1 heterocycles. The van der Waals surface area contributed by atoms with Crippen LogP contribution in [-0.4, -0.2) is 35.3 Å². The predicted molar refractivity (Wildman–Crippen MR) is 73.0 cm³/mol. The maximum Gasteiger partial charge on any atom is 0.330 e. The zero-order valence-electron chi connectivity index (χ0n) is 11.8. The molecule has 1 aromatic heterocycles. The Morgan fingerprint density at radius 2 is 1.85 bits per heavy atom. The molecule has 0 radical (unpaired) electrons. The Hall–Kier alpha value is -1.45. The number of aryl methyl sites for hydroxylation is 1. The Balaban J connectivity index is 3.31. The van der Waals surface area contributed by atoms with Crippen LogP contribution in [0.4, 0.5) is 0 Å². The van der Waals surface area contributed by atoms with E-state index >= 15 is 0 Å². The Kier molecular flexibility index (Phi) is 4.90. The summed E-state index contributed by atoms with van der Waals surface area (Å²) < 4.78 is 28.4. The topological polar surface area (TPSA) is 110 Å². The first kappa shape index (κ1) is 16.6. The van der Waals surface area contributed by atoms with E-state index in [-0.39, 0.29) is 12.5 Å². The first-order valence-corrected chi connectivity index (χ1v) is 7.50. The summed E-state index contributed by atoms with van der Waals surface area (Å²) in [4.78, 5) is 22.9. The monoisotopic (exact) mass is 305 g/mol. The average molecular weight is 305 g/mol. The second-order valence-corrected chi connectivity index (χ2v) is 6.50. The molecule has 2 atom stereocenters. The number of aromatic nitrogens is 2. The lowest BCUT2D eigenvalue weighted by molar-refractivity contribution is 0.216. The molecule has 2 N–H and O–H groups in total. The lowest BCUT2D eigenvalue weighted by atomic mass is 10.1. The van der Waals surface area contributed by atoms with Crippen molar-refractivity contribution >= 4 is 10.0 Å². The maximum absolute atomic E-state index is 12.2. The van der Waals surface area contributed by atoms with Gasteiger partial charge in [0.25, 0.3) is 5.56 Å². The SMILES string of the molecule is CC(CO)C(C)NS(=O)(=O)c1cn(C)c(=O)n(C)c1=O. The molecule has 20 heavy (non-hydrogen) atoms. The molecular formula is C11H19N3O5S. The maximum atomic E-state index is 12.2. The van der Waals surface area contributed by atoms with E-state index in [0.29, 0.717) is 0 Å². The Morgan fingerprint density at radius 1 is 1.30 bits per heavy atom. The number of hydrogen-bond acceptors (Lipinski definition) is 5. The van der Waals surface area contributed by atoms with Crippen molar-refractivity contribution < 1.29 is 13.5 Å². The molecule has 0 aliphatic rings. The van der Waals surface area contributed by atoms with E-state index in [0.717, 1.165) is 15.3 Å². The van der Waals surface area contributed by atoms with Gasteiger partial charge in [-0.05, 0) is 12.8 Å². The Bertz CT molecular complexity index is 704. The number of sulfonamides is 1. The molecule has 8 nitrogen and oxygen atoms in total. The van der Waals surface area contributed by atoms with Gasteiger partial charge in [-0.2, -0.15) is 0 Å². The van der Waals surface area contributed by atoms with E-state index in [2.05, 4.69) is 4.72 Å². The number of aliphatic hydroxyl groups excluding tert-OH is 1. The minimum absolute atomic E-state index is 0.186. The highest BCUT2D eigenvalue weighted by Gasteiger charge is 2.25. The summed E-state index contributed by atoms with van der Waals surface area (Å²) in [5, 5.41) is 9.01. The molecule has 0 saturated carbocycles. The molecule has 0 saturated heterocycles. The van der Waals surface area contributed by atoms with Crippen LogP contribution in [0.1, 0.15) is 13.8 Å². The summed E-state index contributed by atoms with van der Waals surface area (Å²) in [7, 11) is -1.49. The largest absolute Gasteiger partial charge is 0.396 e. The van der Waals surface area contributed by atoms with Gasteiger partial charge in [0.15, 0.2) is 4.90 Å². The molecule has 1 aromatic rings. The van der Waals surface area contributed by atoms with Gasteiger partial charge in [0.05, 0.1) is 0 Å². The number of nitrogens with zero attached hydrogens (tertiary/aromatic N) is 2. The standard InChI is InChI=1S/C11H19N3O5S/c1-7(6-15)8(2)12-20(18,19)9-5-13(3)11(17)14(4)10(9)16/h5,7-8,12,15H,6H2,1-4H3. The van der Waals surface area contributed by atoms with Crippen LogP contribution in [0.25, 0.3) is 0 Å². The summed E-state index contributed by atoms with van der Waals surface area (Å²) in [6.07, 6.45) is 0.989. The van der Waals surface area contributed by atoms with Gasteiger partial charge in [-0.25, -0.2) is 17.9 Å². The van der Waals surface area contributed by atoms with Crippen LogP contribution in [0.15, 0.2) is 20.7 Å². The van der Waals surface area contributed by atoms with E-state index < -0.39 is 32.2 Å². The van der Waals surface area contributed by atoms with Crippen LogP contribution < -0.4 is 16.0 Å². The lowest BCUT2D eigenvalue weighted by Crippen LogP contribution is -2.44. The van der Waals surface area contributed by atoms with Crippen molar-refractivity contribution in [3.8, 4) is 0 Å². The van der Waals surface area contributed by atoms with Crippen molar-refractivity contribution in [1.29, 1.82) is 0 Å². The number of rotatable bonds is 5.